The highest BCUT2D eigenvalue weighted by atomic mass is 79.9. The van der Waals surface area contributed by atoms with E-state index in [9.17, 15) is 15.0 Å². The lowest BCUT2D eigenvalue weighted by Gasteiger charge is -2.23. The fourth-order valence-corrected chi connectivity index (χ4v) is 5.54. The summed E-state index contributed by atoms with van der Waals surface area (Å²) < 4.78 is 7.03. The first-order valence-corrected chi connectivity index (χ1v) is 11.4. The summed E-state index contributed by atoms with van der Waals surface area (Å²) in [5, 5.41) is 20.3. The number of phenols is 2. The highest BCUT2D eigenvalue weighted by molar-refractivity contribution is 9.11. The van der Waals surface area contributed by atoms with Crippen LogP contribution in [0, 0.1) is 0 Å². The Hall–Kier alpha value is -1.35. The monoisotopic (exact) mass is 646 g/mol. The van der Waals surface area contributed by atoms with Gasteiger partial charge >= 0.3 is 5.97 Å². The number of hydrogen-bond donors (Lipinski definition) is 2. The van der Waals surface area contributed by atoms with Crippen LogP contribution in [0.15, 0.2) is 66.4 Å². The van der Waals surface area contributed by atoms with Gasteiger partial charge in [-0.3, -0.25) is 0 Å². The van der Waals surface area contributed by atoms with Crippen molar-refractivity contribution in [3.05, 3.63) is 88.7 Å². The molecule has 29 heavy (non-hydrogen) atoms. The number of esters is 1. The number of hydrogen-bond acceptors (Lipinski definition) is 4. The lowest BCUT2D eigenvalue weighted by Crippen LogP contribution is -2.12. The molecule has 0 unspecified atom stereocenters. The average molecular weight is 650 g/mol. The molecule has 0 heterocycles. The van der Waals surface area contributed by atoms with Gasteiger partial charge in [-0.15, -0.1) is 0 Å². The van der Waals surface area contributed by atoms with Gasteiger partial charge in [0.25, 0.3) is 0 Å². The Morgan fingerprint density at radius 1 is 0.828 bits per heavy atom. The van der Waals surface area contributed by atoms with E-state index in [1.54, 1.807) is 36.4 Å². The van der Waals surface area contributed by atoms with Gasteiger partial charge in [0, 0.05) is 5.92 Å². The molecule has 0 aliphatic heterocycles. The van der Waals surface area contributed by atoms with Crippen molar-refractivity contribution in [1.82, 2.24) is 0 Å². The zero-order valence-electron chi connectivity index (χ0n) is 14.9. The summed E-state index contributed by atoms with van der Waals surface area (Å²) >= 11 is 13.5. The largest absolute Gasteiger partial charge is 0.506 e. The third-order valence-corrected chi connectivity index (χ3v) is 6.84. The maximum atomic E-state index is 12.4. The van der Waals surface area contributed by atoms with Crippen molar-refractivity contribution in [2.75, 3.05) is 7.11 Å². The lowest BCUT2D eigenvalue weighted by molar-refractivity contribution is 0.0599. The van der Waals surface area contributed by atoms with E-state index in [-0.39, 0.29) is 17.4 Å². The van der Waals surface area contributed by atoms with E-state index in [4.69, 9.17) is 4.74 Å². The van der Waals surface area contributed by atoms with E-state index in [0.717, 1.165) is 16.7 Å². The minimum Gasteiger partial charge on any atom is -0.506 e. The lowest BCUT2D eigenvalue weighted by atomic mass is 9.83. The first-order chi connectivity index (χ1) is 13.7. The van der Waals surface area contributed by atoms with E-state index in [0.29, 0.717) is 23.5 Å². The quantitative estimate of drug-likeness (QED) is 0.234. The van der Waals surface area contributed by atoms with Crippen molar-refractivity contribution >= 4 is 69.7 Å². The Morgan fingerprint density at radius 2 is 1.24 bits per heavy atom. The number of carbonyl (C=O) groups is 1. The number of methoxy groups -OCH3 is 1. The minimum absolute atomic E-state index is 0.0850. The van der Waals surface area contributed by atoms with Gasteiger partial charge in [0.1, 0.15) is 11.5 Å². The van der Waals surface area contributed by atoms with Crippen molar-refractivity contribution in [3.8, 4) is 11.5 Å². The van der Waals surface area contributed by atoms with Crippen LogP contribution in [0.3, 0.4) is 0 Å². The van der Waals surface area contributed by atoms with Crippen molar-refractivity contribution in [2.45, 2.75) is 5.92 Å². The van der Waals surface area contributed by atoms with E-state index >= 15 is 0 Å². The molecule has 3 rings (SSSR count). The highest BCUT2D eigenvalue weighted by Crippen LogP contribution is 2.43. The molecule has 0 radical (unpaired) electrons. The Labute approximate surface area is 201 Å². The summed E-state index contributed by atoms with van der Waals surface area (Å²) in [5.41, 5.74) is 2.80. The van der Waals surface area contributed by atoms with Gasteiger partial charge < -0.3 is 14.9 Å². The fraction of sp³-hybridized carbons (Fsp3) is 0.0952. The Kier molecular flexibility index (Phi) is 7.09. The first kappa shape index (κ1) is 22.3. The molecular formula is C21H14Br4O4. The summed E-state index contributed by atoms with van der Waals surface area (Å²) in [4.78, 5) is 12.4. The predicted octanol–water partition coefficient (Wildman–Crippen LogP) is 7.11. The number of rotatable bonds is 4. The fourth-order valence-electron chi connectivity index (χ4n) is 3.10. The third kappa shape index (κ3) is 4.55. The van der Waals surface area contributed by atoms with Gasteiger partial charge in [-0.2, -0.15) is 0 Å². The molecule has 0 spiro atoms. The summed E-state index contributed by atoms with van der Waals surface area (Å²) in [7, 11) is 1.34. The van der Waals surface area contributed by atoms with Crippen LogP contribution < -0.4 is 0 Å². The molecule has 0 fully saturated rings. The SMILES string of the molecule is COC(=O)c1ccccc1C(c1cc(Br)c(O)c(Br)c1)c1cc(Br)c(O)c(Br)c1. The second kappa shape index (κ2) is 9.20. The van der Waals surface area contributed by atoms with Crippen LogP contribution in [-0.4, -0.2) is 23.3 Å². The van der Waals surface area contributed by atoms with Crippen molar-refractivity contribution in [2.24, 2.45) is 0 Å². The van der Waals surface area contributed by atoms with Crippen molar-refractivity contribution in [1.29, 1.82) is 0 Å². The van der Waals surface area contributed by atoms with Gasteiger partial charge in [-0.1, -0.05) is 18.2 Å². The molecule has 0 atom stereocenters. The highest BCUT2D eigenvalue weighted by Gasteiger charge is 2.25. The number of halogens is 4. The topological polar surface area (TPSA) is 66.8 Å². The summed E-state index contributed by atoms with van der Waals surface area (Å²) in [5.74, 6) is -0.658. The molecule has 0 aliphatic carbocycles. The second-order valence-electron chi connectivity index (χ2n) is 6.18. The third-order valence-electron chi connectivity index (χ3n) is 4.42. The predicted molar refractivity (Wildman–Crippen MR) is 126 cm³/mol. The standard InChI is InChI=1S/C21H14Br4O4/c1-29-21(28)13-5-3-2-4-12(13)18(10-6-14(22)19(26)15(23)7-10)11-8-16(24)20(27)17(25)9-11/h2-9,18,26-27H,1H3. The molecule has 0 aromatic heterocycles. The first-order valence-electron chi connectivity index (χ1n) is 8.27. The van der Waals surface area contributed by atoms with Crippen LogP contribution >= 0.6 is 63.7 Å². The van der Waals surface area contributed by atoms with Gasteiger partial charge in [0.05, 0.1) is 30.6 Å². The molecule has 0 amide bonds. The molecule has 2 N–H and O–H groups in total. The molecule has 0 saturated carbocycles. The van der Waals surface area contributed by atoms with Crippen LogP contribution in [0.25, 0.3) is 0 Å². The van der Waals surface area contributed by atoms with Gasteiger partial charge in [-0.25, -0.2) is 4.79 Å². The van der Waals surface area contributed by atoms with Crippen LogP contribution in [0.4, 0.5) is 0 Å². The maximum absolute atomic E-state index is 12.4. The van der Waals surface area contributed by atoms with E-state index in [1.807, 2.05) is 12.1 Å². The maximum Gasteiger partial charge on any atom is 0.338 e. The zero-order valence-corrected chi connectivity index (χ0v) is 21.3. The molecule has 3 aromatic rings. The van der Waals surface area contributed by atoms with E-state index < -0.39 is 5.97 Å². The van der Waals surface area contributed by atoms with Crippen LogP contribution in [0.5, 0.6) is 11.5 Å². The van der Waals surface area contributed by atoms with Crippen molar-refractivity contribution in [3.63, 3.8) is 0 Å². The summed E-state index contributed by atoms with van der Waals surface area (Å²) in [6.45, 7) is 0. The molecule has 150 valence electrons. The van der Waals surface area contributed by atoms with E-state index in [2.05, 4.69) is 63.7 Å². The number of phenolic OH excluding ortho intramolecular Hbond substituents is 2. The summed E-state index contributed by atoms with van der Waals surface area (Å²) in [6, 6.07) is 14.4. The Bertz CT molecular complexity index is 994. The van der Waals surface area contributed by atoms with Crippen LogP contribution in [0.1, 0.15) is 33.0 Å². The molecule has 0 saturated heterocycles. The van der Waals surface area contributed by atoms with Gasteiger partial charge in [-0.05, 0) is 111 Å². The minimum atomic E-state index is -0.445. The van der Waals surface area contributed by atoms with Gasteiger partial charge in [0.2, 0.25) is 0 Å². The molecule has 8 heteroatoms. The van der Waals surface area contributed by atoms with Crippen molar-refractivity contribution < 1.29 is 19.7 Å². The summed E-state index contributed by atoms with van der Waals surface area (Å²) in [6.07, 6.45) is 0. The van der Waals surface area contributed by atoms with E-state index in [1.165, 1.54) is 7.11 Å². The number of carbonyl (C=O) groups excluding carboxylic acids is 1. The average Bonchev–Trinajstić information content (AvgIpc) is 2.70. The Morgan fingerprint density at radius 3 is 1.66 bits per heavy atom. The molecule has 4 nitrogen and oxygen atoms in total. The molecule has 3 aromatic carbocycles. The number of aromatic hydroxyl groups is 2. The molecular weight excluding hydrogens is 636 g/mol. The van der Waals surface area contributed by atoms with Gasteiger partial charge in [0.15, 0.2) is 0 Å². The number of benzene rings is 3. The Balaban J connectivity index is 2.34. The smallest absolute Gasteiger partial charge is 0.338 e. The molecule has 0 bridgehead atoms. The van der Waals surface area contributed by atoms with Crippen LogP contribution in [-0.2, 0) is 4.74 Å². The van der Waals surface area contributed by atoms with Crippen LogP contribution in [0.2, 0.25) is 0 Å². The normalized spacial score (nSPS) is 11.0. The second-order valence-corrected chi connectivity index (χ2v) is 9.60. The number of ether oxygens (including phenoxy) is 1. The molecule has 0 aliphatic rings. The zero-order chi connectivity index (χ0) is 21.3.